The van der Waals surface area contributed by atoms with Crippen LogP contribution in [0.5, 0.6) is 5.88 Å². The molecule has 2 aromatic heterocycles. The van der Waals surface area contributed by atoms with Gasteiger partial charge in [0.25, 0.3) is 5.91 Å². The number of aromatic amines is 1. The lowest BCUT2D eigenvalue weighted by molar-refractivity contribution is 0.0732. The van der Waals surface area contributed by atoms with Gasteiger partial charge >= 0.3 is 0 Å². The van der Waals surface area contributed by atoms with Crippen LogP contribution in [-0.2, 0) is 4.74 Å². The van der Waals surface area contributed by atoms with E-state index in [9.17, 15) is 4.79 Å². The Morgan fingerprint density at radius 1 is 1.38 bits per heavy atom. The largest absolute Gasteiger partial charge is 0.472 e. The highest BCUT2D eigenvalue weighted by atomic mass is 16.5. The molecule has 6 heteroatoms. The zero-order chi connectivity index (χ0) is 16.4. The van der Waals surface area contributed by atoms with E-state index in [1.165, 1.54) is 0 Å². The number of carbonyl (C=O) groups excluding carboxylic acids is 1. The van der Waals surface area contributed by atoms with Crippen molar-refractivity contribution in [1.82, 2.24) is 14.9 Å². The normalized spacial score (nSPS) is 23.6. The second kappa shape index (κ2) is 6.65. The molecule has 1 amide bonds. The summed E-state index contributed by atoms with van der Waals surface area (Å²) in [5, 5.41) is 0. The van der Waals surface area contributed by atoms with Gasteiger partial charge in [-0.3, -0.25) is 4.79 Å². The van der Waals surface area contributed by atoms with Crippen molar-refractivity contribution < 1.29 is 14.3 Å². The van der Waals surface area contributed by atoms with Gasteiger partial charge in [-0.25, -0.2) is 4.98 Å². The first-order valence-corrected chi connectivity index (χ1v) is 8.46. The minimum atomic E-state index is 0.0290. The Hall–Kier alpha value is -2.34. The van der Waals surface area contributed by atoms with Crippen molar-refractivity contribution in [2.75, 3.05) is 19.8 Å². The number of pyridine rings is 1. The average molecular weight is 327 g/mol. The summed E-state index contributed by atoms with van der Waals surface area (Å²) in [6.07, 6.45) is 6.43. The second-order valence-electron chi connectivity index (χ2n) is 6.27. The molecule has 0 aliphatic carbocycles. The Labute approximate surface area is 140 Å². The van der Waals surface area contributed by atoms with Crippen LogP contribution >= 0.6 is 0 Å². The van der Waals surface area contributed by atoms with Gasteiger partial charge < -0.3 is 19.4 Å². The summed E-state index contributed by atoms with van der Waals surface area (Å²) in [5.74, 6) is 0.522. The molecule has 4 rings (SSSR count). The van der Waals surface area contributed by atoms with Crippen LogP contribution in [0.2, 0.25) is 0 Å². The maximum absolute atomic E-state index is 12.9. The fourth-order valence-corrected chi connectivity index (χ4v) is 3.43. The topological polar surface area (TPSA) is 67.5 Å². The Bertz CT molecular complexity index is 695. The zero-order valence-electron chi connectivity index (χ0n) is 13.5. The Morgan fingerprint density at radius 3 is 3.12 bits per heavy atom. The Balaban J connectivity index is 1.51. The smallest absolute Gasteiger partial charge is 0.254 e. The summed E-state index contributed by atoms with van der Waals surface area (Å²) >= 11 is 0. The number of likely N-dealkylation sites (tertiary alicyclic amines) is 1. The predicted octanol–water partition coefficient (Wildman–Crippen LogP) is 2.55. The summed E-state index contributed by atoms with van der Waals surface area (Å²) in [4.78, 5) is 22.3. The summed E-state index contributed by atoms with van der Waals surface area (Å²) in [6.45, 7) is 2.08. The maximum Gasteiger partial charge on any atom is 0.254 e. The van der Waals surface area contributed by atoms with E-state index < -0.39 is 0 Å². The van der Waals surface area contributed by atoms with Gasteiger partial charge in [0.2, 0.25) is 5.88 Å². The van der Waals surface area contributed by atoms with Crippen molar-refractivity contribution in [3.8, 4) is 5.88 Å². The number of hydrogen-bond donors (Lipinski definition) is 1. The molecule has 2 aromatic rings. The van der Waals surface area contributed by atoms with Crippen molar-refractivity contribution >= 4 is 5.91 Å². The first-order valence-electron chi connectivity index (χ1n) is 8.46. The molecule has 6 nitrogen and oxygen atoms in total. The predicted molar refractivity (Wildman–Crippen MR) is 87.9 cm³/mol. The number of nitrogens with zero attached hydrogens (tertiary/aromatic N) is 2. The van der Waals surface area contributed by atoms with E-state index in [-0.39, 0.29) is 18.1 Å². The molecule has 2 aliphatic heterocycles. The molecule has 2 saturated heterocycles. The summed E-state index contributed by atoms with van der Waals surface area (Å²) in [7, 11) is 0. The highest BCUT2D eigenvalue weighted by molar-refractivity contribution is 5.94. The summed E-state index contributed by atoms with van der Waals surface area (Å²) in [5.41, 5.74) is 1.71. The van der Waals surface area contributed by atoms with Gasteiger partial charge in [-0.1, -0.05) is 0 Å². The molecule has 1 N–H and O–H groups in total. The monoisotopic (exact) mass is 327 g/mol. The van der Waals surface area contributed by atoms with Crippen LogP contribution in [0, 0.1) is 0 Å². The molecule has 0 radical (unpaired) electrons. The van der Waals surface area contributed by atoms with Crippen molar-refractivity contribution in [2.24, 2.45) is 0 Å². The van der Waals surface area contributed by atoms with Gasteiger partial charge in [-0.05, 0) is 31.0 Å². The number of hydrogen-bond acceptors (Lipinski definition) is 4. The molecular weight excluding hydrogens is 306 g/mol. The number of nitrogens with one attached hydrogen (secondary N) is 1. The molecule has 126 valence electrons. The van der Waals surface area contributed by atoms with E-state index >= 15 is 0 Å². The molecule has 0 saturated carbocycles. The third-order valence-electron chi connectivity index (χ3n) is 4.65. The standard InChI is InChI=1S/C18H21N3O3/c22-18(21-9-2-4-16(21)15-3-1-7-19-15)13-5-8-20-17(11-13)24-14-6-10-23-12-14/h1,3,5,7-8,11,14,16,19H,2,4,6,9-10,12H2/t14-,16+/m1/s1. The molecule has 2 aliphatic rings. The number of ether oxygens (including phenoxy) is 2. The van der Waals surface area contributed by atoms with Crippen LogP contribution in [0.25, 0.3) is 0 Å². The van der Waals surface area contributed by atoms with Crippen LogP contribution in [0.15, 0.2) is 36.7 Å². The van der Waals surface area contributed by atoms with E-state index in [0.717, 1.165) is 38.1 Å². The lowest BCUT2D eigenvalue weighted by Crippen LogP contribution is -2.30. The van der Waals surface area contributed by atoms with Crippen LogP contribution < -0.4 is 4.74 Å². The molecule has 0 unspecified atom stereocenters. The minimum Gasteiger partial charge on any atom is -0.472 e. The Kier molecular flexibility index (Phi) is 4.21. The van der Waals surface area contributed by atoms with Crippen molar-refractivity contribution in [2.45, 2.75) is 31.4 Å². The number of H-pyrrole nitrogens is 1. The van der Waals surface area contributed by atoms with Gasteiger partial charge in [0.15, 0.2) is 0 Å². The lowest BCUT2D eigenvalue weighted by Gasteiger charge is -2.24. The zero-order valence-corrected chi connectivity index (χ0v) is 13.5. The Morgan fingerprint density at radius 2 is 2.33 bits per heavy atom. The van der Waals surface area contributed by atoms with Crippen molar-refractivity contribution in [1.29, 1.82) is 0 Å². The first-order chi connectivity index (χ1) is 11.8. The van der Waals surface area contributed by atoms with E-state index in [0.29, 0.717) is 18.1 Å². The average Bonchev–Trinajstić information content (AvgIpc) is 3.35. The highest BCUT2D eigenvalue weighted by Crippen LogP contribution is 2.32. The second-order valence-corrected chi connectivity index (χ2v) is 6.27. The third-order valence-corrected chi connectivity index (χ3v) is 4.65. The molecular formula is C18H21N3O3. The van der Waals surface area contributed by atoms with E-state index in [4.69, 9.17) is 9.47 Å². The number of rotatable bonds is 4. The van der Waals surface area contributed by atoms with Gasteiger partial charge in [0.05, 0.1) is 19.3 Å². The number of amides is 1. The lowest BCUT2D eigenvalue weighted by atomic mass is 10.1. The molecule has 4 heterocycles. The molecule has 0 aromatic carbocycles. The minimum absolute atomic E-state index is 0.0290. The van der Waals surface area contributed by atoms with Crippen LogP contribution in [0.3, 0.4) is 0 Å². The molecule has 24 heavy (non-hydrogen) atoms. The van der Waals surface area contributed by atoms with Crippen molar-refractivity contribution in [3.05, 3.63) is 47.9 Å². The van der Waals surface area contributed by atoms with Crippen LogP contribution in [0.1, 0.15) is 41.4 Å². The van der Waals surface area contributed by atoms with Crippen molar-refractivity contribution in [3.63, 3.8) is 0 Å². The summed E-state index contributed by atoms with van der Waals surface area (Å²) < 4.78 is 11.1. The summed E-state index contributed by atoms with van der Waals surface area (Å²) in [6, 6.07) is 7.62. The van der Waals surface area contributed by atoms with Gasteiger partial charge in [0.1, 0.15) is 6.10 Å². The van der Waals surface area contributed by atoms with E-state index in [2.05, 4.69) is 9.97 Å². The molecule has 2 atom stereocenters. The van der Waals surface area contributed by atoms with Gasteiger partial charge in [-0.2, -0.15) is 0 Å². The van der Waals surface area contributed by atoms with Gasteiger partial charge in [-0.15, -0.1) is 0 Å². The van der Waals surface area contributed by atoms with Crippen LogP contribution in [0.4, 0.5) is 0 Å². The first kappa shape index (κ1) is 15.2. The maximum atomic E-state index is 12.9. The number of carbonyl (C=O) groups is 1. The fourth-order valence-electron chi connectivity index (χ4n) is 3.43. The highest BCUT2D eigenvalue weighted by Gasteiger charge is 2.31. The van der Waals surface area contributed by atoms with Gasteiger partial charge in [0, 0.05) is 42.7 Å². The number of aromatic nitrogens is 2. The molecule has 2 fully saturated rings. The fraction of sp³-hybridized carbons (Fsp3) is 0.444. The van der Waals surface area contributed by atoms with E-state index in [1.54, 1.807) is 18.3 Å². The SMILES string of the molecule is O=C(c1ccnc(O[C@@H]2CCOC2)c1)N1CCC[C@H]1c1ccc[nH]1. The third kappa shape index (κ3) is 3.01. The van der Waals surface area contributed by atoms with Crippen LogP contribution in [-0.4, -0.2) is 46.6 Å². The molecule has 0 spiro atoms. The molecule has 0 bridgehead atoms. The quantitative estimate of drug-likeness (QED) is 0.937. The van der Waals surface area contributed by atoms with E-state index in [1.807, 2.05) is 23.2 Å².